The first-order valence-electron chi connectivity index (χ1n) is 7.85. The SMILES string of the molecule is CCCCC(CC)COc1c(Br)cc(CO)cc1OCC. The number of aliphatic hydroxyl groups excluding tert-OH is 1. The molecule has 4 heteroatoms. The van der Waals surface area contributed by atoms with Gasteiger partial charge in [-0.05, 0) is 52.9 Å². The number of ether oxygens (including phenoxy) is 2. The molecule has 0 saturated carbocycles. The summed E-state index contributed by atoms with van der Waals surface area (Å²) < 4.78 is 12.5. The van der Waals surface area contributed by atoms with Crippen LogP contribution >= 0.6 is 15.9 Å². The number of halogens is 1. The molecule has 1 rings (SSSR count). The summed E-state index contributed by atoms with van der Waals surface area (Å²) in [6.07, 6.45) is 4.78. The van der Waals surface area contributed by atoms with Gasteiger partial charge in [0.25, 0.3) is 0 Å². The molecule has 0 radical (unpaired) electrons. The maximum absolute atomic E-state index is 9.28. The van der Waals surface area contributed by atoms with Crippen LogP contribution in [-0.4, -0.2) is 18.3 Å². The highest BCUT2D eigenvalue weighted by atomic mass is 79.9. The molecule has 1 N–H and O–H groups in total. The van der Waals surface area contributed by atoms with Crippen LogP contribution in [0.4, 0.5) is 0 Å². The molecule has 1 atom stereocenters. The van der Waals surface area contributed by atoms with Crippen LogP contribution in [0.15, 0.2) is 16.6 Å². The Morgan fingerprint density at radius 2 is 1.95 bits per heavy atom. The van der Waals surface area contributed by atoms with E-state index in [2.05, 4.69) is 29.8 Å². The number of benzene rings is 1. The number of hydrogen-bond donors (Lipinski definition) is 1. The molecule has 0 spiro atoms. The van der Waals surface area contributed by atoms with Crippen LogP contribution in [0.3, 0.4) is 0 Å². The molecule has 0 amide bonds. The quantitative estimate of drug-likeness (QED) is 0.643. The summed E-state index contributed by atoms with van der Waals surface area (Å²) in [6.45, 7) is 7.63. The average Bonchev–Trinajstić information content (AvgIpc) is 2.49. The second-order valence-electron chi connectivity index (χ2n) is 5.22. The highest BCUT2D eigenvalue weighted by Crippen LogP contribution is 2.37. The second-order valence-corrected chi connectivity index (χ2v) is 6.08. The molecule has 0 aliphatic heterocycles. The third-order valence-electron chi connectivity index (χ3n) is 3.56. The van der Waals surface area contributed by atoms with Crippen molar-refractivity contribution in [2.24, 2.45) is 5.92 Å². The van der Waals surface area contributed by atoms with Gasteiger partial charge in [-0.1, -0.05) is 33.1 Å². The molecule has 21 heavy (non-hydrogen) atoms. The van der Waals surface area contributed by atoms with Crippen LogP contribution in [0, 0.1) is 5.92 Å². The van der Waals surface area contributed by atoms with Crippen LogP contribution in [0.25, 0.3) is 0 Å². The van der Waals surface area contributed by atoms with E-state index in [-0.39, 0.29) is 6.61 Å². The molecule has 1 aromatic carbocycles. The van der Waals surface area contributed by atoms with Crippen molar-refractivity contribution < 1.29 is 14.6 Å². The molecule has 3 nitrogen and oxygen atoms in total. The summed E-state index contributed by atoms with van der Waals surface area (Å²) in [5.74, 6) is 2.01. The summed E-state index contributed by atoms with van der Waals surface area (Å²) in [6, 6.07) is 3.72. The van der Waals surface area contributed by atoms with E-state index in [1.165, 1.54) is 19.3 Å². The average molecular weight is 359 g/mol. The Kier molecular flexibility index (Phi) is 8.77. The minimum Gasteiger partial charge on any atom is -0.490 e. The minimum atomic E-state index is -0.00691. The van der Waals surface area contributed by atoms with Gasteiger partial charge in [0, 0.05) is 0 Å². The zero-order valence-corrected chi connectivity index (χ0v) is 14.9. The van der Waals surface area contributed by atoms with E-state index in [1.54, 1.807) is 0 Å². The van der Waals surface area contributed by atoms with Gasteiger partial charge in [0.2, 0.25) is 0 Å². The number of aliphatic hydroxyl groups is 1. The Morgan fingerprint density at radius 3 is 2.52 bits per heavy atom. The van der Waals surface area contributed by atoms with Crippen molar-refractivity contribution in [2.75, 3.05) is 13.2 Å². The molecule has 1 unspecified atom stereocenters. The monoisotopic (exact) mass is 358 g/mol. The summed E-state index contributed by atoms with van der Waals surface area (Å²) in [5, 5.41) is 9.28. The lowest BCUT2D eigenvalue weighted by atomic mass is 10.0. The highest BCUT2D eigenvalue weighted by molar-refractivity contribution is 9.10. The summed E-state index contributed by atoms with van der Waals surface area (Å²) in [5.41, 5.74) is 0.815. The molecule has 0 fully saturated rings. The van der Waals surface area contributed by atoms with Crippen molar-refractivity contribution in [1.29, 1.82) is 0 Å². The van der Waals surface area contributed by atoms with Gasteiger partial charge in [-0.2, -0.15) is 0 Å². The second kappa shape index (κ2) is 10.1. The lowest BCUT2D eigenvalue weighted by Crippen LogP contribution is -2.12. The Morgan fingerprint density at radius 1 is 1.19 bits per heavy atom. The van der Waals surface area contributed by atoms with Gasteiger partial charge in [-0.15, -0.1) is 0 Å². The minimum absolute atomic E-state index is 0.00691. The van der Waals surface area contributed by atoms with Crippen LogP contribution < -0.4 is 9.47 Å². The highest BCUT2D eigenvalue weighted by Gasteiger charge is 2.14. The summed E-state index contributed by atoms with van der Waals surface area (Å²) in [7, 11) is 0. The predicted octanol–water partition coefficient (Wildman–Crippen LogP) is 4.94. The smallest absolute Gasteiger partial charge is 0.175 e. The lowest BCUT2D eigenvalue weighted by molar-refractivity contribution is 0.217. The van der Waals surface area contributed by atoms with E-state index < -0.39 is 0 Å². The molecular weight excluding hydrogens is 332 g/mol. The molecule has 0 saturated heterocycles. The van der Waals surface area contributed by atoms with E-state index in [0.717, 1.165) is 22.2 Å². The normalized spacial score (nSPS) is 12.2. The van der Waals surface area contributed by atoms with Crippen LogP contribution in [0.2, 0.25) is 0 Å². The van der Waals surface area contributed by atoms with Crippen molar-refractivity contribution in [3.8, 4) is 11.5 Å². The van der Waals surface area contributed by atoms with Crippen molar-refractivity contribution >= 4 is 15.9 Å². The van der Waals surface area contributed by atoms with E-state index in [0.29, 0.717) is 24.9 Å². The fraction of sp³-hybridized carbons (Fsp3) is 0.647. The third-order valence-corrected chi connectivity index (χ3v) is 4.15. The molecule has 0 heterocycles. The van der Waals surface area contributed by atoms with Gasteiger partial charge in [0.1, 0.15) is 0 Å². The predicted molar refractivity (Wildman–Crippen MR) is 90.0 cm³/mol. The number of rotatable bonds is 10. The van der Waals surface area contributed by atoms with Gasteiger partial charge in [0.15, 0.2) is 11.5 Å². The van der Waals surface area contributed by atoms with E-state index in [9.17, 15) is 5.11 Å². The molecule has 0 aliphatic carbocycles. The summed E-state index contributed by atoms with van der Waals surface area (Å²) >= 11 is 3.52. The van der Waals surface area contributed by atoms with Crippen molar-refractivity contribution in [3.05, 3.63) is 22.2 Å². The molecular formula is C17H27BrO3. The maximum atomic E-state index is 9.28. The van der Waals surface area contributed by atoms with Gasteiger partial charge in [-0.25, -0.2) is 0 Å². The standard InChI is InChI=1S/C17H27BrO3/c1-4-7-8-13(5-2)12-21-17-15(18)9-14(11-19)10-16(17)20-6-3/h9-10,13,19H,4-8,11-12H2,1-3H3. The first-order chi connectivity index (χ1) is 10.2. The lowest BCUT2D eigenvalue weighted by Gasteiger charge is -2.19. The maximum Gasteiger partial charge on any atom is 0.175 e. The topological polar surface area (TPSA) is 38.7 Å². The van der Waals surface area contributed by atoms with Crippen LogP contribution in [0.1, 0.15) is 52.0 Å². The molecule has 0 bridgehead atoms. The van der Waals surface area contributed by atoms with Crippen molar-refractivity contribution in [3.63, 3.8) is 0 Å². The zero-order valence-electron chi connectivity index (χ0n) is 13.3. The molecule has 0 aliphatic rings. The van der Waals surface area contributed by atoms with Crippen LogP contribution in [-0.2, 0) is 6.61 Å². The van der Waals surface area contributed by atoms with E-state index in [4.69, 9.17) is 9.47 Å². The Hall–Kier alpha value is -0.740. The first kappa shape index (κ1) is 18.3. The van der Waals surface area contributed by atoms with Gasteiger partial charge in [0.05, 0.1) is 24.3 Å². The third kappa shape index (κ3) is 5.87. The van der Waals surface area contributed by atoms with Gasteiger partial charge >= 0.3 is 0 Å². The first-order valence-corrected chi connectivity index (χ1v) is 8.64. The van der Waals surface area contributed by atoms with E-state index >= 15 is 0 Å². The van der Waals surface area contributed by atoms with Crippen molar-refractivity contribution in [2.45, 2.75) is 53.1 Å². The van der Waals surface area contributed by atoms with E-state index in [1.807, 2.05) is 19.1 Å². The fourth-order valence-electron chi connectivity index (χ4n) is 2.21. The molecule has 120 valence electrons. The fourth-order valence-corrected chi connectivity index (χ4v) is 2.82. The zero-order chi connectivity index (χ0) is 15.7. The Balaban J connectivity index is 2.80. The van der Waals surface area contributed by atoms with Crippen molar-refractivity contribution in [1.82, 2.24) is 0 Å². The molecule has 1 aromatic rings. The number of unbranched alkanes of at least 4 members (excludes halogenated alkanes) is 1. The summed E-state index contributed by atoms with van der Waals surface area (Å²) in [4.78, 5) is 0. The Bertz CT molecular complexity index is 421. The molecule has 0 aromatic heterocycles. The van der Waals surface area contributed by atoms with Gasteiger partial charge < -0.3 is 14.6 Å². The Labute approximate surface area is 136 Å². The van der Waals surface area contributed by atoms with Crippen LogP contribution in [0.5, 0.6) is 11.5 Å². The number of hydrogen-bond acceptors (Lipinski definition) is 3. The van der Waals surface area contributed by atoms with Gasteiger partial charge in [-0.3, -0.25) is 0 Å². The largest absolute Gasteiger partial charge is 0.490 e.